The fraction of sp³-hybridized carbons (Fsp3) is 0.786. The van der Waals surface area contributed by atoms with Gasteiger partial charge in [-0.25, -0.2) is 0 Å². The number of halogens is 1. The number of aliphatic imine (C=N–C) groups is 1. The van der Waals surface area contributed by atoms with Crippen molar-refractivity contribution in [2.24, 2.45) is 4.99 Å². The zero-order chi connectivity index (χ0) is 15.3. The minimum atomic E-state index is 0. The van der Waals surface area contributed by atoms with Crippen molar-refractivity contribution < 1.29 is 0 Å². The highest BCUT2D eigenvalue weighted by atomic mass is 127. The van der Waals surface area contributed by atoms with E-state index in [1.54, 1.807) is 6.33 Å². The highest BCUT2D eigenvalue weighted by Crippen LogP contribution is 1.99. The second-order valence-corrected chi connectivity index (χ2v) is 5.67. The lowest BCUT2D eigenvalue weighted by Crippen LogP contribution is -2.39. The molecule has 0 amide bonds. The number of thioether (sulfide) groups is 1. The molecule has 0 radical (unpaired) electrons. The Balaban J connectivity index is 0.00000441. The van der Waals surface area contributed by atoms with Gasteiger partial charge < -0.3 is 15.2 Å². The Hall–Kier alpha value is -0.510. The molecule has 0 unspecified atom stereocenters. The molecule has 0 aliphatic rings. The fourth-order valence-electron chi connectivity index (χ4n) is 1.93. The maximum atomic E-state index is 4.59. The largest absolute Gasteiger partial charge is 0.357 e. The number of aryl methyl sites for hydroxylation is 1. The number of nitrogens with one attached hydrogen (secondary N) is 2. The number of unbranched alkanes of at least 4 members (excludes halogenated alkanes) is 1. The van der Waals surface area contributed by atoms with Crippen molar-refractivity contribution >= 4 is 41.7 Å². The monoisotopic (exact) mass is 440 g/mol. The molecule has 0 spiro atoms. The first kappa shape index (κ1) is 21.5. The lowest BCUT2D eigenvalue weighted by atomic mass is 10.3. The van der Waals surface area contributed by atoms with Crippen LogP contribution in [0.4, 0.5) is 0 Å². The Morgan fingerprint density at radius 1 is 1.32 bits per heavy atom. The van der Waals surface area contributed by atoms with Gasteiger partial charge in [-0.2, -0.15) is 11.8 Å². The molecule has 1 rings (SSSR count). The molecular weight excluding hydrogens is 411 g/mol. The average Bonchev–Trinajstić information content (AvgIpc) is 2.94. The van der Waals surface area contributed by atoms with Crippen LogP contribution in [0.3, 0.4) is 0 Å². The van der Waals surface area contributed by atoms with Crippen LogP contribution < -0.4 is 10.6 Å². The normalized spacial score (nSPS) is 11.1. The molecule has 0 saturated heterocycles. The standard InChI is InChI=1S/C14H28N6S.HI/c1-4-13-19-18-12-20(13)10-9-17-14(15-5-2)16-8-6-7-11-21-3;/h12H,4-11H2,1-3H3,(H2,15,16,17);1H. The Morgan fingerprint density at radius 3 is 2.82 bits per heavy atom. The number of nitrogens with zero attached hydrogens (tertiary/aromatic N) is 4. The molecule has 0 aliphatic heterocycles. The Bertz CT molecular complexity index is 410. The Kier molecular flexibility index (Phi) is 13.8. The number of guanidine groups is 1. The van der Waals surface area contributed by atoms with Crippen LogP contribution in [0.5, 0.6) is 0 Å². The van der Waals surface area contributed by atoms with Crippen molar-refractivity contribution in [3.05, 3.63) is 12.2 Å². The molecule has 0 aromatic carbocycles. The first-order valence-electron chi connectivity index (χ1n) is 7.69. The number of rotatable bonds is 10. The van der Waals surface area contributed by atoms with E-state index in [1.807, 2.05) is 11.8 Å². The van der Waals surface area contributed by atoms with Crippen LogP contribution in [0.15, 0.2) is 11.3 Å². The minimum absolute atomic E-state index is 0. The minimum Gasteiger partial charge on any atom is -0.357 e. The molecule has 0 aliphatic carbocycles. The molecule has 1 heterocycles. The van der Waals surface area contributed by atoms with Crippen LogP contribution >= 0.6 is 35.7 Å². The summed E-state index contributed by atoms with van der Waals surface area (Å²) in [7, 11) is 0. The van der Waals surface area contributed by atoms with Crippen LogP contribution in [-0.4, -0.2) is 52.4 Å². The highest BCUT2D eigenvalue weighted by molar-refractivity contribution is 14.0. The van der Waals surface area contributed by atoms with Crippen molar-refractivity contribution in [2.75, 3.05) is 31.6 Å². The first-order valence-corrected chi connectivity index (χ1v) is 9.09. The SMILES string of the molecule is CCNC(=NCCCCSC)NCCn1cnnc1CC.I. The Labute approximate surface area is 155 Å². The summed E-state index contributed by atoms with van der Waals surface area (Å²) in [5.74, 6) is 3.14. The van der Waals surface area contributed by atoms with Crippen molar-refractivity contribution in [2.45, 2.75) is 39.7 Å². The first-order chi connectivity index (χ1) is 10.3. The molecule has 128 valence electrons. The van der Waals surface area contributed by atoms with Crippen molar-refractivity contribution in [3.63, 3.8) is 0 Å². The molecule has 0 atom stereocenters. The van der Waals surface area contributed by atoms with Crippen molar-refractivity contribution in [1.29, 1.82) is 0 Å². The van der Waals surface area contributed by atoms with Gasteiger partial charge in [-0.05, 0) is 31.8 Å². The number of aromatic nitrogens is 3. The highest BCUT2D eigenvalue weighted by Gasteiger charge is 2.02. The van der Waals surface area contributed by atoms with Crippen LogP contribution in [0.2, 0.25) is 0 Å². The smallest absolute Gasteiger partial charge is 0.191 e. The van der Waals surface area contributed by atoms with E-state index in [-0.39, 0.29) is 24.0 Å². The third-order valence-corrected chi connectivity index (χ3v) is 3.72. The van der Waals surface area contributed by atoms with Gasteiger partial charge in [0.15, 0.2) is 5.96 Å². The van der Waals surface area contributed by atoms with Gasteiger partial charge >= 0.3 is 0 Å². The molecule has 6 nitrogen and oxygen atoms in total. The summed E-state index contributed by atoms with van der Waals surface area (Å²) in [6, 6.07) is 0. The summed E-state index contributed by atoms with van der Waals surface area (Å²) in [4.78, 5) is 4.59. The van der Waals surface area contributed by atoms with Gasteiger partial charge in [-0.3, -0.25) is 4.99 Å². The molecule has 2 N–H and O–H groups in total. The van der Waals surface area contributed by atoms with Gasteiger partial charge in [0.25, 0.3) is 0 Å². The van der Waals surface area contributed by atoms with Gasteiger partial charge in [-0.15, -0.1) is 34.2 Å². The fourth-order valence-corrected chi connectivity index (χ4v) is 2.42. The maximum absolute atomic E-state index is 4.59. The third kappa shape index (κ3) is 8.82. The van der Waals surface area contributed by atoms with E-state index in [9.17, 15) is 0 Å². The second-order valence-electron chi connectivity index (χ2n) is 4.68. The Morgan fingerprint density at radius 2 is 2.14 bits per heavy atom. The van der Waals surface area contributed by atoms with E-state index in [0.717, 1.165) is 50.8 Å². The topological polar surface area (TPSA) is 67.1 Å². The van der Waals surface area contributed by atoms with E-state index in [0.29, 0.717) is 0 Å². The predicted octanol–water partition coefficient (Wildman–Crippen LogP) is 2.16. The van der Waals surface area contributed by atoms with Crippen LogP contribution in [0.1, 0.15) is 32.5 Å². The van der Waals surface area contributed by atoms with E-state index < -0.39 is 0 Å². The van der Waals surface area contributed by atoms with E-state index in [4.69, 9.17) is 0 Å². The van der Waals surface area contributed by atoms with Crippen molar-refractivity contribution in [1.82, 2.24) is 25.4 Å². The lowest BCUT2D eigenvalue weighted by Gasteiger charge is -2.12. The molecule has 0 bridgehead atoms. The number of hydrogen-bond donors (Lipinski definition) is 2. The molecule has 1 aromatic heterocycles. The third-order valence-electron chi connectivity index (χ3n) is 3.03. The van der Waals surface area contributed by atoms with E-state index >= 15 is 0 Å². The van der Waals surface area contributed by atoms with E-state index in [1.165, 1.54) is 12.2 Å². The summed E-state index contributed by atoms with van der Waals surface area (Å²) in [5, 5.41) is 14.7. The molecule has 1 aromatic rings. The molecule has 22 heavy (non-hydrogen) atoms. The average molecular weight is 440 g/mol. The number of hydrogen-bond acceptors (Lipinski definition) is 4. The quantitative estimate of drug-likeness (QED) is 0.253. The molecular formula is C14H29IN6S. The maximum Gasteiger partial charge on any atom is 0.191 e. The van der Waals surface area contributed by atoms with Gasteiger partial charge in [0.1, 0.15) is 12.2 Å². The lowest BCUT2D eigenvalue weighted by molar-refractivity contribution is 0.632. The zero-order valence-corrected chi connectivity index (χ0v) is 17.0. The zero-order valence-electron chi connectivity index (χ0n) is 13.8. The second kappa shape index (κ2) is 14.1. The summed E-state index contributed by atoms with van der Waals surface area (Å²) >= 11 is 1.89. The van der Waals surface area contributed by atoms with Gasteiger partial charge in [-0.1, -0.05) is 6.92 Å². The van der Waals surface area contributed by atoms with Gasteiger partial charge in [0.05, 0.1) is 0 Å². The molecule has 8 heteroatoms. The predicted molar refractivity (Wildman–Crippen MR) is 106 cm³/mol. The van der Waals surface area contributed by atoms with Crippen LogP contribution in [0.25, 0.3) is 0 Å². The summed E-state index contributed by atoms with van der Waals surface area (Å²) < 4.78 is 2.08. The van der Waals surface area contributed by atoms with E-state index in [2.05, 4.69) is 50.5 Å². The van der Waals surface area contributed by atoms with Crippen molar-refractivity contribution in [3.8, 4) is 0 Å². The summed E-state index contributed by atoms with van der Waals surface area (Å²) in [6.07, 6.45) is 7.20. The summed E-state index contributed by atoms with van der Waals surface area (Å²) in [6.45, 7) is 7.61. The van der Waals surface area contributed by atoms with Crippen LogP contribution in [-0.2, 0) is 13.0 Å². The summed E-state index contributed by atoms with van der Waals surface area (Å²) in [5.41, 5.74) is 0. The van der Waals surface area contributed by atoms with Gasteiger partial charge in [0, 0.05) is 32.6 Å². The van der Waals surface area contributed by atoms with Crippen LogP contribution in [0, 0.1) is 0 Å². The molecule has 0 saturated carbocycles. The molecule has 0 fully saturated rings. The van der Waals surface area contributed by atoms with Gasteiger partial charge in [0.2, 0.25) is 0 Å².